The molecule has 4 heteroatoms. The van der Waals surface area contributed by atoms with Crippen LogP contribution in [0, 0.1) is 5.92 Å². The Labute approximate surface area is 103 Å². The molecule has 0 aromatic rings. The quantitative estimate of drug-likeness (QED) is 0.533. The van der Waals surface area contributed by atoms with Gasteiger partial charge in [0.1, 0.15) is 0 Å². The second-order valence-corrected chi connectivity index (χ2v) is 4.63. The number of hydrogen-bond donors (Lipinski definition) is 0. The molecule has 0 rings (SSSR count). The van der Waals surface area contributed by atoms with Gasteiger partial charge >= 0.3 is 0 Å². The molecule has 98 valence electrons. The molecule has 0 N–H and O–H groups in total. The van der Waals surface area contributed by atoms with E-state index in [0.29, 0.717) is 18.3 Å². The minimum absolute atomic E-state index is 0.144. The second kappa shape index (κ2) is 10.3. The molecule has 0 aliphatic carbocycles. The van der Waals surface area contributed by atoms with Gasteiger partial charge in [-0.2, -0.15) is 0 Å². The molecule has 0 bridgehead atoms. The summed E-state index contributed by atoms with van der Waals surface area (Å²) in [5.41, 5.74) is 0. The molecule has 1 nitrogen and oxygen atoms in total. The van der Waals surface area contributed by atoms with E-state index in [1.54, 1.807) is 4.90 Å². The summed E-state index contributed by atoms with van der Waals surface area (Å²) in [6.45, 7) is 5.46. The van der Waals surface area contributed by atoms with Gasteiger partial charge in [0.05, 0.1) is 6.54 Å². The molecule has 0 radical (unpaired) electrons. The summed E-state index contributed by atoms with van der Waals surface area (Å²) in [7, 11) is 0. The van der Waals surface area contributed by atoms with Crippen LogP contribution in [0.3, 0.4) is 0 Å². The van der Waals surface area contributed by atoms with Crippen LogP contribution in [0.25, 0.3) is 0 Å². The molecule has 0 fully saturated rings. The smallest absolute Gasteiger partial charge is 0.251 e. The van der Waals surface area contributed by atoms with E-state index >= 15 is 0 Å². The van der Waals surface area contributed by atoms with E-state index in [2.05, 4.69) is 13.8 Å². The third-order valence-corrected chi connectivity index (χ3v) is 3.03. The van der Waals surface area contributed by atoms with Crippen LogP contribution >= 0.6 is 11.6 Å². The molecule has 0 amide bonds. The third-order valence-electron chi connectivity index (χ3n) is 2.86. The fourth-order valence-electron chi connectivity index (χ4n) is 1.85. The summed E-state index contributed by atoms with van der Waals surface area (Å²) in [6.07, 6.45) is 2.28. The molecule has 0 saturated heterocycles. The lowest BCUT2D eigenvalue weighted by molar-refractivity contribution is 0.0816. The lowest BCUT2D eigenvalue weighted by Gasteiger charge is -2.26. The van der Waals surface area contributed by atoms with Gasteiger partial charge in [-0.25, -0.2) is 8.78 Å². The maximum atomic E-state index is 12.3. The van der Waals surface area contributed by atoms with Gasteiger partial charge in [-0.05, 0) is 12.3 Å². The topological polar surface area (TPSA) is 3.24 Å². The largest absolute Gasteiger partial charge is 0.296 e. The van der Waals surface area contributed by atoms with Gasteiger partial charge < -0.3 is 0 Å². The number of hydrogen-bond acceptors (Lipinski definition) is 1. The number of rotatable bonds is 10. The van der Waals surface area contributed by atoms with E-state index < -0.39 is 6.43 Å². The van der Waals surface area contributed by atoms with Crippen LogP contribution in [0.4, 0.5) is 8.78 Å². The Kier molecular flexibility index (Phi) is 10.3. The Morgan fingerprint density at radius 2 is 1.88 bits per heavy atom. The summed E-state index contributed by atoms with van der Waals surface area (Å²) in [5, 5.41) is 0. The van der Waals surface area contributed by atoms with Crippen LogP contribution in [0.15, 0.2) is 0 Å². The zero-order valence-electron chi connectivity index (χ0n) is 10.4. The van der Waals surface area contributed by atoms with E-state index in [0.717, 1.165) is 19.4 Å². The maximum Gasteiger partial charge on any atom is 0.251 e. The van der Waals surface area contributed by atoms with Crippen LogP contribution < -0.4 is 0 Å². The lowest BCUT2D eigenvalue weighted by Crippen LogP contribution is -2.35. The van der Waals surface area contributed by atoms with Crippen LogP contribution in [0.2, 0.25) is 0 Å². The lowest BCUT2D eigenvalue weighted by atomic mass is 9.99. The molecule has 0 aliphatic heterocycles. The highest BCUT2D eigenvalue weighted by Gasteiger charge is 2.15. The van der Waals surface area contributed by atoms with Crippen molar-refractivity contribution >= 4 is 11.6 Å². The fourth-order valence-corrected chi connectivity index (χ4v) is 2.09. The van der Waals surface area contributed by atoms with Crippen molar-refractivity contribution in [1.29, 1.82) is 0 Å². The Morgan fingerprint density at radius 1 is 1.19 bits per heavy atom. The minimum atomic E-state index is -2.26. The first-order valence-corrected chi connectivity index (χ1v) is 6.73. The molecule has 0 heterocycles. The van der Waals surface area contributed by atoms with Crippen molar-refractivity contribution in [3.8, 4) is 0 Å². The zero-order chi connectivity index (χ0) is 12.4. The van der Waals surface area contributed by atoms with Gasteiger partial charge in [-0.3, -0.25) is 4.90 Å². The number of unbranched alkanes of at least 4 members (excludes halogenated alkanes) is 1. The van der Waals surface area contributed by atoms with Crippen LogP contribution in [-0.2, 0) is 0 Å². The summed E-state index contributed by atoms with van der Waals surface area (Å²) >= 11 is 5.62. The first-order chi connectivity index (χ1) is 7.63. The first-order valence-electron chi connectivity index (χ1n) is 6.20. The van der Waals surface area contributed by atoms with Gasteiger partial charge in [0.2, 0.25) is 0 Å². The molecule has 0 aromatic carbocycles. The monoisotopic (exact) mass is 255 g/mol. The van der Waals surface area contributed by atoms with Crippen LogP contribution in [-0.4, -0.2) is 36.8 Å². The van der Waals surface area contributed by atoms with Crippen molar-refractivity contribution < 1.29 is 8.78 Å². The number of alkyl halides is 3. The van der Waals surface area contributed by atoms with Crippen molar-refractivity contribution in [3.05, 3.63) is 0 Å². The Balaban J connectivity index is 4.00. The molecular formula is C12H24ClF2N. The first kappa shape index (κ1) is 16.1. The SMILES string of the molecule is CCCCC(CC)CN(CCCl)CC(F)F. The molecule has 16 heavy (non-hydrogen) atoms. The highest BCUT2D eigenvalue weighted by molar-refractivity contribution is 6.18. The van der Waals surface area contributed by atoms with Crippen molar-refractivity contribution in [3.63, 3.8) is 0 Å². The van der Waals surface area contributed by atoms with E-state index in [1.807, 2.05) is 0 Å². The predicted molar refractivity (Wildman–Crippen MR) is 66.5 cm³/mol. The zero-order valence-corrected chi connectivity index (χ0v) is 11.1. The molecule has 1 unspecified atom stereocenters. The molecule has 1 atom stereocenters. The van der Waals surface area contributed by atoms with Gasteiger partial charge in [0, 0.05) is 19.0 Å². The van der Waals surface area contributed by atoms with E-state index in [1.165, 1.54) is 12.8 Å². The Morgan fingerprint density at radius 3 is 2.31 bits per heavy atom. The molecular weight excluding hydrogens is 232 g/mol. The van der Waals surface area contributed by atoms with E-state index in [4.69, 9.17) is 11.6 Å². The van der Waals surface area contributed by atoms with Crippen molar-refractivity contribution in [1.82, 2.24) is 4.90 Å². The predicted octanol–water partition coefficient (Wildman–Crippen LogP) is 4.01. The summed E-state index contributed by atoms with van der Waals surface area (Å²) in [5.74, 6) is 0.957. The Bertz CT molecular complexity index is 156. The van der Waals surface area contributed by atoms with Crippen molar-refractivity contribution in [2.24, 2.45) is 5.92 Å². The van der Waals surface area contributed by atoms with Crippen molar-refractivity contribution in [2.45, 2.75) is 46.0 Å². The minimum Gasteiger partial charge on any atom is -0.296 e. The van der Waals surface area contributed by atoms with Gasteiger partial charge in [0.15, 0.2) is 0 Å². The Hall–Kier alpha value is 0.110. The van der Waals surface area contributed by atoms with Gasteiger partial charge in [0.25, 0.3) is 6.43 Å². The molecule has 0 saturated carbocycles. The molecule has 0 aliphatic rings. The summed E-state index contributed by atoms with van der Waals surface area (Å²) in [4.78, 5) is 1.79. The third kappa shape index (κ3) is 8.28. The van der Waals surface area contributed by atoms with Gasteiger partial charge in [-0.15, -0.1) is 11.6 Å². The van der Waals surface area contributed by atoms with Crippen LogP contribution in [0.5, 0.6) is 0 Å². The van der Waals surface area contributed by atoms with E-state index in [-0.39, 0.29) is 6.54 Å². The fraction of sp³-hybridized carbons (Fsp3) is 1.00. The average Bonchev–Trinajstić information content (AvgIpc) is 2.23. The summed E-state index contributed by atoms with van der Waals surface area (Å²) in [6, 6.07) is 0. The molecule has 0 aromatic heterocycles. The second-order valence-electron chi connectivity index (χ2n) is 4.26. The normalized spacial score (nSPS) is 13.7. The summed E-state index contributed by atoms with van der Waals surface area (Å²) < 4.78 is 24.7. The highest BCUT2D eigenvalue weighted by Crippen LogP contribution is 2.15. The van der Waals surface area contributed by atoms with Gasteiger partial charge in [-0.1, -0.05) is 33.1 Å². The molecule has 0 spiro atoms. The maximum absolute atomic E-state index is 12.3. The average molecular weight is 256 g/mol. The van der Waals surface area contributed by atoms with Crippen molar-refractivity contribution in [2.75, 3.05) is 25.5 Å². The van der Waals surface area contributed by atoms with Crippen LogP contribution in [0.1, 0.15) is 39.5 Å². The highest BCUT2D eigenvalue weighted by atomic mass is 35.5. The number of nitrogens with zero attached hydrogens (tertiary/aromatic N) is 1. The van der Waals surface area contributed by atoms with E-state index in [9.17, 15) is 8.78 Å². The standard InChI is InChI=1S/C12H24ClF2N/c1-3-5-6-11(4-2)9-16(8-7-13)10-12(14)15/h11-12H,3-10H2,1-2H3. The number of halogens is 3.